The molecule has 1 saturated heterocycles. The molecule has 1 aliphatic heterocycles. The molecule has 1 amide bonds. The van der Waals surface area contributed by atoms with Gasteiger partial charge in [0, 0.05) is 25.3 Å². The molecule has 2 N–H and O–H groups in total. The number of carbonyl (C=O) groups excluding carboxylic acids is 1. The van der Waals surface area contributed by atoms with Crippen LogP contribution in [0.2, 0.25) is 0 Å². The van der Waals surface area contributed by atoms with Crippen LogP contribution >= 0.6 is 24.8 Å². The van der Waals surface area contributed by atoms with Gasteiger partial charge in [-0.1, -0.05) is 32.9 Å². The molecule has 2 rings (SSSR count). The third kappa shape index (κ3) is 7.96. The van der Waals surface area contributed by atoms with Gasteiger partial charge in [-0.15, -0.1) is 24.8 Å². The fraction of sp³-hybridized carbons (Fsp3) is 0.650. The van der Waals surface area contributed by atoms with E-state index in [9.17, 15) is 4.79 Å². The fourth-order valence-electron chi connectivity index (χ4n) is 3.58. The van der Waals surface area contributed by atoms with Crippen molar-refractivity contribution in [3.05, 3.63) is 29.8 Å². The predicted octanol–water partition coefficient (Wildman–Crippen LogP) is 3.71. The van der Waals surface area contributed by atoms with Gasteiger partial charge in [-0.05, 0) is 44.0 Å². The Hall–Kier alpha value is -0.850. The Balaban J connectivity index is 0.00000338. The predicted molar refractivity (Wildman–Crippen MR) is 117 cm³/mol. The second-order valence-corrected chi connectivity index (χ2v) is 7.37. The molecule has 1 fully saturated rings. The minimum Gasteiger partial charge on any atom is -0.373 e. The normalized spacial score (nSPS) is 21.1. The molecule has 1 aromatic rings. The smallest absolute Gasteiger partial charge is 0.241 e. The number of benzene rings is 1. The molecule has 27 heavy (non-hydrogen) atoms. The average Bonchev–Trinajstić information content (AvgIpc) is 2.52. The van der Waals surface area contributed by atoms with E-state index in [1.54, 1.807) is 0 Å². The van der Waals surface area contributed by atoms with Crippen LogP contribution in [0.5, 0.6) is 0 Å². The van der Waals surface area contributed by atoms with Crippen LogP contribution in [0.1, 0.15) is 40.2 Å². The highest BCUT2D eigenvalue weighted by Crippen LogP contribution is 2.20. The molecule has 0 bridgehead atoms. The molecule has 156 valence electrons. The Labute approximate surface area is 176 Å². The molecule has 0 saturated carbocycles. The van der Waals surface area contributed by atoms with Gasteiger partial charge in [0.05, 0.1) is 18.2 Å². The van der Waals surface area contributed by atoms with Crippen molar-refractivity contribution in [3.63, 3.8) is 0 Å². The number of nitrogens with zero attached hydrogens (tertiary/aromatic N) is 1. The quantitative estimate of drug-likeness (QED) is 0.706. The van der Waals surface area contributed by atoms with E-state index in [1.165, 1.54) is 5.56 Å². The maximum absolute atomic E-state index is 13.0. The number of rotatable bonds is 7. The largest absolute Gasteiger partial charge is 0.373 e. The van der Waals surface area contributed by atoms with Crippen LogP contribution in [-0.2, 0) is 16.1 Å². The van der Waals surface area contributed by atoms with Crippen LogP contribution in [0.4, 0.5) is 5.69 Å². The summed E-state index contributed by atoms with van der Waals surface area (Å²) < 4.78 is 5.82. The van der Waals surface area contributed by atoms with Gasteiger partial charge in [0.1, 0.15) is 0 Å². The number of anilines is 1. The van der Waals surface area contributed by atoms with Crippen molar-refractivity contribution in [1.82, 2.24) is 10.2 Å². The monoisotopic (exact) mass is 419 g/mol. The molecule has 5 nitrogen and oxygen atoms in total. The van der Waals surface area contributed by atoms with E-state index in [2.05, 4.69) is 56.2 Å². The molecule has 3 unspecified atom stereocenters. The van der Waals surface area contributed by atoms with Crippen LogP contribution in [0.3, 0.4) is 0 Å². The highest BCUT2D eigenvalue weighted by Gasteiger charge is 2.34. The van der Waals surface area contributed by atoms with Crippen LogP contribution in [0, 0.1) is 5.92 Å². The van der Waals surface area contributed by atoms with Crippen LogP contribution in [0.25, 0.3) is 0 Å². The number of morpholine rings is 1. The Morgan fingerprint density at radius 2 is 1.85 bits per heavy atom. The van der Waals surface area contributed by atoms with Crippen LogP contribution in [0.15, 0.2) is 24.3 Å². The molecule has 0 aliphatic carbocycles. The summed E-state index contributed by atoms with van der Waals surface area (Å²) in [7, 11) is 0. The Morgan fingerprint density at radius 1 is 1.22 bits per heavy atom. The van der Waals surface area contributed by atoms with Crippen molar-refractivity contribution in [2.24, 2.45) is 5.92 Å². The van der Waals surface area contributed by atoms with E-state index in [1.807, 2.05) is 18.2 Å². The number of hydrogen-bond acceptors (Lipinski definition) is 4. The van der Waals surface area contributed by atoms with E-state index >= 15 is 0 Å². The van der Waals surface area contributed by atoms with Crippen LogP contribution in [-0.4, -0.2) is 48.7 Å². The van der Waals surface area contributed by atoms with E-state index in [4.69, 9.17) is 4.74 Å². The van der Waals surface area contributed by atoms with Crippen molar-refractivity contribution >= 4 is 36.4 Å². The summed E-state index contributed by atoms with van der Waals surface area (Å²) in [6, 6.07) is 7.92. The lowest BCUT2D eigenvalue weighted by Crippen LogP contribution is -2.55. The molecule has 0 spiro atoms. The second-order valence-electron chi connectivity index (χ2n) is 7.37. The van der Waals surface area contributed by atoms with Gasteiger partial charge >= 0.3 is 0 Å². The van der Waals surface area contributed by atoms with Gasteiger partial charge in [0.25, 0.3) is 0 Å². The molecule has 1 aliphatic rings. The van der Waals surface area contributed by atoms with Crippen molar-refractivity contribution < 1.29 is 9.53 Å². The minimum atomic E-state index is -0.147. The molecule has 1 aromatic carbocycles. The van der Waals surface area contributed by atoms with Crippen molar-refractivity contribution in [3.8, 4) is 0 Å². The topological polar surface area (TPSA) is 53.6 Å². The van der Waals surface area contributed by atoms with E-state index in [0.29, 0.717) is 0 Å². The van der Waals surface area contributed by atoms with Gasteiger partial charge in [0.15, 0.2) is 0 Å². The van der Waals surface area contributed by atoms with E-state index in [0.717, 1.165) is 31.9 Å². The van der Waals surface area contributed by atoms with Gasteiger partial charge in [0.2, 0.25) is 5.91 Å². The summed E-state index contributed by atoms with van der Waals surface area (Å²) >= 11 is 0. The summed E-state index contributed by atoms with van der Waals surface area (Å²) in [6.07, 6.45) is 0.308. The molecular formula is C20H35Cl2N3O2. The SMILES string of the molecule is CCNCc1cccc(NC(=O)C(C(C)C)N2CC(C)OC(C)C2)c1.Cl.Cl. The first-order chi connectivity index (χ1) is 11.9. The molecule has 3 atom stereocenters. The summed E-state index contributed by atoms with van der Waals surface area (Å²) in [5.41, 5.74) is 2.04. The number of ether oxygens (including phenoxy) is 1. The number of nitrogens with one attached hydrogen (secondary N) is 2. The number of hydrogen-bond donors (Lipinski definition) is 2. The molecule has 1 heterocycles. The first-order valence-corrected chi connectivity index (χ1v) is 9.40. The maximum atomic E-state index is 13.0. The minimum absolute atomic E-state index is 0. The van der Waals surface area contributed by atoms with Crippen molar-refractivity contribution in [2.45, 2.75) is 59.4 Å². The second kappa shape index (κ2) is 12.6. The van der Waals surface area contributed by atoms with Gasteiger partial charge in [-0.25, -0.2) is 0 Å². The molecular weight excluding hydrogens is 385 g/mol. The summed E-state index contributed by atoms with van der Waals surface area (Å²) in [5.74, 6) is 0.305. The number of amides is 1. The van der Waals surface area contributed by atoms with Crippen molar-refractivity contribution in [1.29, 1.82) is 0 Å². The zero-order chi connectivity index (χ0) is 18.4. The maximum Gasteiger partial charge on any atom is 0.241 e. The zero-order valence-electron chi connectivity index (χ0n) is 17.0. The summed E-state index contributed by atoms with van der Waals surface area (Å²) in [5, 5.41) is 6.43. The third-order valence-corrected chi connectivity index (χ3v) is 4.51. The van der Waals surface area contributed by atoms with Crippen molar-refractivity contribution in [2.75, 3.05) is 25.0 Å². The summed E-state index contributed by atoms with van der Waals surface area (Å²) in [6.45, 7) is 13.8. The summed E-state index contributed by atoms with van der Waals surface area (Å²) in [4.78, 5) is 15.2. The highest BCUT2D eigenvalue weighted by molar-refractivity contribution is 5.95. The Bertz CT molecular complexity index is 562. The van der Waals surface area contributed by atoms with Crippen LogP contribution < -0.4 is 10.6 Å². The van der Waals surface area contributed by atoms with Gasteiger partial charge in [-0.3, -0.25) is 9.69 Å². The Morgan fingerprint density at radius 3 is 2.41 bits per heavy atom. The fourth-order valence-corrected chi connectivity index (χ4v) is 3.58. The standard InChI is InChI=1S/C20H33N3O2.2ClH/c1-6-21-11-17-8-7-9-18(10-17)22-20(24)19(14(2)3)23-12-15(4)25-16(5)13-23;;/h7-10,14-16,19,21H,6,11-13H2,1-5H3,(H,22,24);2*1H. The molecule has 7 heteroatoms. The lowest BCUT2D eigenvalue weighted by atomic mass is 9.99. The number of halogens is 2. The average molecular weight is 420 g/mol. The van der Waals surface area contributed by atoms with E-state index in [-0.39, 0.29) is 54.9 Å². The third-order valence-electron chi connectivity index (χ3n) is 4.51. The van der Waals surface area contributed by atoms with Gasteiger partial charge in [-0.2, -0.15) is 0 Å². The zero-order valence-corrected chi connectivity index (χ0v) is 18.7. The highest BCUT2D eigenvalue weighted by atomic mass is 35.5. The lowest BCUT2D eigenvalue weighted by molar-refractivity contribution is -0.130. The Kier molecular flexibility index (Phi) is 12.2. The molecule has 0 aromatic heterocycles. The first kappa shape index (κ1) is 26.1. The molecule has 0 radical (unpaired) electrons. The first-order valence-electron chi connectivity index (χ1n) is 9.40. The lowest BCUT2D eigenvalue weighted by Gasteiger charge is -2.41. The van der Waals surface area contributed by atoms with E-state index < -0.39 is 0 Å². The number of carbonyl (C=O) groups is 1. The van der Waals surface area contributed by atoms with Gasteiger partial charge < -0.3 is 15.4 Å².